The lowest BCUT2D eigenvalue weighted by Crippen LogP contribution is -2.46. The van der Waals surface area contributed by atoms with Crippen LogP contribution in [0.4, 0.5) is 4.79 Å². The number of amides is 1. The van der Waals surface area contributed by atoms with E-state index in [1.54, 1.807) is 0 Å². The second kappa shape index (κ2) is 9.25. The van der Waals surface area contributed by atoms with Crippen molar-refractivity contribution in [3.8, 4) is 0 Å². The molecule has 1 amide bonds. The summed E-state index contributed by atoms with van der Waals surface area (Å²) >= 11 is 0. The van der Waals surface area contributed by atoms with Crippen LogP contribution in [0.2, 0.25) is 0 Å². The van der Waals surface area contributed by atoms with E-state index in [4.69, 9.17) is 4.74 Å². The van der Waals surface area contributed by atoms with Crippen molar-refractivity contribution < 1.29 is 9.53 Å². The van der Waals surface area contributed by atoms with Gasteiger partial charge in [0.25, 0.3) is 0 Å². The topological polar surface area (TPSA) is 39.3 Å². The van der Waals surface area contributed by atoms with Crippen molar-refractivity contribution in [2.45, 2.75) is 50.8 Å². The van der Waals surface area contributed by atoms with Crippen molar-refractivity contribution >= 4 is 6.09 Å². The number of benzene rings is 1. The van der Waals surface area contributed by atoms with Crippen molar-refractivity contribution in [2.75, 3.05) is 59.9 Å². The lowest BCUT2D eigenvalue weighted by molar-refractivity contribution is -0.00124. The van der Waals surface area contributed by atoms with Crippen molar-refractivity contribution in [3.05, 3.63) is 35.4 Å². The van der Waals surface area contributed by atoms with E-state index in [1.807, 2.05) is 4.90 Å². The van der Waals surface area contributed by atoms with Crippen LogP contribution in [-0.4, -0.2) is 97.2 Å². The molecule has 0 saturated carbocycles. The van der Waals surface area contributed by atoms with Gasteiger partial charge in [-0.05, 0) is 52.5 Å². The smallest absolute Gasteiger partial charge is 0.410 e. The molecule has 3 fully saturated rings. The highest BCUT2D eigenvalue weighted by Crippen LogP contribution is 2.33. The van der Waals surface area contributed by atoms with Gasteiger partial charge in [-0.2, -0.15) is 0 Å². The van der Waals surface area contributed by atoms with Crippen molar-refractivity contribution in [3.63, 3.8) is 0 Å². The third kappa shape index (κ3) is 5.16. The zero-order valence-corrected chi connectivity index (χ0v) is 19.0. The maximum atomic E-state index is 12.5. The molecule has 0 unspecified atom stereocenters. The summed E-state index contributed by atoms with van der Waals surface area (Å²) in [7, 11) is 4.33. The Morgan fingerprint density at radius 1 is 1.13 bits per heavy atom. The highest BCUT2D eigenvalue weighted by molar-refractivity contribution is 5.70. The van der Waals surface area contributed by atoms with Gasteiger partial charge in [0, 0.05) is 51.6 Å². The highest BCUT2D eigenvalue weighted by Gasteiger charge is 2.46. The Balaban J connectivity index is 1.20. The number of piperidine rings is 1. The van der Waals surface area contributed by atoms with Gasteiger partial charge in [0.1, 0.15) is 5.60 Å². The molecule has 166 valence electrons. The summed E-state index contributed by atoms with van der Waals surface area (Å²) < 4.78 is 5.93. The Labute approximate surface area is 181 Å². The fourth-order valence-electron chi connectivity index (χ4n) is 5.23. The zero-order valence-electron chi connectivity index (χ0n) is 19.0. The van der Waals surface area contributed by atoms with Crippen LogP contribution in [0.15, 0.2) is 24.3 Å². The maximum Gasteiger partial charge on any atom is 0.410 e. The normalized spacial score (nSPS) is 24.9. The standard InChI is InChI=1S/C24H38N4O2/c1-20-6-4-7-21(16-20)17-27-14-9-24(10-15-27)19-28(23(29)30-24)12-5-11-26-13-8-22(18-26)25(2)3/h4,6-7,16,22H,5,8-15,17-19H2,1-3H3/t22-/m1/s1. The molecular weight excluding hydrogens is 376 g/mol. The number of likely N-dealkylation sites (N-methyl/N-ethyl adjacent to an activating group) is 1. The van der Waals surface area contributed by atoms with Gasteiger partial charge < -0.3 is 19.4 Å². The SMILES string of the molecule is Cc1cccc(CN2CCC3(CC2)CN(CCCN2CC[C@@H](N(C)C)C2)C(=O)O3)c1. The molecule has 1 aromatic carbocycles. The van der Waals surface area contributed by atoms with Gasteiger partial charge in [-0.25, -0.2) is 4.79 Å². The quantitative estimate of drug-likeness (QED) is 0.686. The Kier molecular flexibility index (Phi) is 6.66. The minimum atomic E-state index is -0.260. The third-order valence-corrected chi connectivity index (χ3v) is 7.18. The summed E-state index contributed by atoms with van der Waals surface area (Å²) in [5, 5.41) is 0. The van der Waals surface area contributed by atoms with Gasteiger partial charge in [0.2, 0.25) is 0 Å². The van der Waals surface area contributed by atoms with Gasteiger partial charge in [-0.3, -0.25) is 4.90 Å². The third-order valence-electron chi connectivity index (χ3n) is 7.18. The predicted octanol–water partition coefficient (Wildman–Crippen LogP) is 2.81. The van der Waals surface area contributed by atoms with E-state index in [0.29, 0.717) is 6.04 Å². The Morgan fingerprint density at radius 2 is 1.93 bits per heavy atom. The molecule has 3 aliphatic heterocycles. The first-order valence-electron chi connectivity index (χ1n) is 11.6. The Hall–Kier alpha value is -1.63. The van der Waals surface area contributed by atoms with Crippen LogP contribution < -0.4 is 0 Å². The monoisotopic (exact) mass is 414 g/mol. The second-order valence-electron chi connectivity index (χ2n) is 9.80. The number of carbonyl (C=O) groups excluding carboxylic acids is 1. The van der Waals surface area contributed by atoms with Crippen LogP contribution >= 0.6 is 0 Å². The van der Waals surface area contributed by atoms with E-state index in [9.17, 15) is 4.79 Å². The summed E-state index contributed by atoms with van der Waals surface area (Å²) in [6.07, 6.45) is 4.07. The Morgan fingerprint density at radius 3 is 2.63 bits per heavy atom. The number of aryl methyl sites for hydroxylation is 1. The van der Waals surface area contributed by atoms with Crippen molar-refractivity contribution in [1.82, 2.24) is 19.6 Å². The molecule has 6 nitrogen and oxygen atoms in total. The molecule has 4 rings (SSSR count). The van der Waals surface area contributed by atoms with E-state index in [0.717, 1.165) is 65.1 Å². The average molecular weight is 415 g/mol. The van der Waals surface area contributed by atoms with Crippen molar-refractivity contribution in [2.24, 2.45) is 0 Å². The maximum absolute atomic E-state index is 12.5. The van der Waals surface area contributed by atoms with Crippen LogP contribution in [0, 0.1) is 6.92 Å². The van der Waals surface area contributed by atoms with Gasteiger partial charge >= 0.3 is 6.09 Å². The Bertz CT molecular complexity index is 730. The van der Waals surface area contributed by atoms with E-state index >= 15 is 0 Å². The summed E-state index contributed by atoms with van der Waals surface area (Å²) in [5.74, 6) is 0. The zero-order chi connectivity index (χ0) is 21.1. The fourth-order valence-corrected chi connectivity index (χ4v) is 5.23. The summed E-state index contributed by atoms with van der Waals surface area (Å²) in [4.78, 5) is 21.8. The largest absolute Gasteiger partial charge is 0.441 e. The van der Waals surface area contributed by atoms with Gasteiger partial charge in [-0.1, -0.05) is 29.8 Å². The van der Waals surface area contributed by atoms with Crippen LogP contribution in [0.3, 0.4) is 0 Å². The highest BCUT2D eigenvalue weighted by atomic mass is 16.6. The van der Waals surface area contributed by atoms with Crippen LogP contribution in [0.5, 0.6) is 0 Å². The minimum absolute atomic E-state index is 0.102. The molecule has 1 spiro atoms. The number of carbonyl (C=O) groups is 1. The average Bonchev–Trinajstić information content (AvgIpc) is 3.29. The van der Waals surface area contributed by atoms with E-state index in [1.165, 1.54) is 24.1 Å². The number of likely N-dealkylation sites (tertiary alicyclic amines) is 2. The van der Waals surface area contributed by atoms with Gasteiger partial charge in [-0.15, -0.1) is 0 Å². The lowest BCUT2D eigenvalue weighted by atomic mass is 9.91. The molecule has 3 aliphatic rings. The fraction of sp³-hybridized carbons (Fsp3) is 0.708. The predicted molar refractivity (Wildman–Crippen MR) is 120 cm³/mol. The minimum Gasteiger partial charge on any atom is -0.441 e. The van der Waals surface area contributed by atoms with E-state index < -0.39 is 0 Å². The van der Waals surface area contributed by atoms with E-state index in [-0.39, 0.29) is 11.7 Å². The van der Waals surface area contributed by atoms with Crippen LogP contribution in [-0.2, 0) is 11.3 Å². The number of ether oxygens (including phenoxy) is 1. The lowest BCUT2D eigenvalue weighted by Gasteiger charge is -2.37. The van der Waals surface area contributed by atoms with Crippen LogP contribution in [0.1, 0.15) is 36.8 Å². The van der Waals surface area contributed by atoms with E-state index in [2.05, 4.69) is 60.0 Å². The number of hydrogen-bond acceptors (Lipinski definition) is 5. The van der Waals surface area contributed by atoms with Gasteiger partial charge in [0.15, 0.2) is 0 Å². The molecule has 30 heavy (non-hydrogen) atoms. The van der Waals surface area contributed by atoms with Crippen LogP contribution in [0.25, 0.3) is 0 Å². The summed E-state index contributed by atoms with van der Waals surface area (Å²) in [6.45, 7) is 10.1. The molecule has 6 heteroatoms. The summed E-state index contributed by atoms with van der Waals surface area (Å²) in [6, 6.07) is 9.43. The number of nitrogens with zero attached hydrogens (tertiary/aromatic N) is 4. The first-order chi connectivity index (χ1) is 14.4. The molecule has 0 N–H and O–H groups in total. The molecule has 0 bridgehead atoms. The van der Waals surface area contributed by atoms with Crippen molar-refractivity contribution in [1.29, 1.82) is 0 Å². The number of rotatable bonds is 7. The van der Waals surface area contributed by atoms with Gasteiger partial charge in [0.05, 0.1) is 6.54 Å². The molecule has 0 aliphatic carbocycles. The summed E-state index contributed by atoms with van der Waals surface area (Å²) in [5.41, 5.74) is 2.42. The molecule has 1 aromatic rings. The molecule has 3 heterocycles. The molecular formula is C24H38N4O2. The first-order valence-corrected chi connectivity index (χ1v) is 11.6. The molecule has 0 aromatic heterocycles. The molecule has 0 radical (unpaired) electrons. The molecule has 1 atom stereocenters. The number of hydrogen-bond donors (Lipinski definition) is 0. The second-order valence-corrected chi connectivity index (χ2v) is 9.80. The molecule has 3 saturated heterocycles. The first kappa shape index (κ1) is 21.6.